The van der Waals surface area contributed by atoms with Crippen LogP contribution in [0, 0.1) is 0 Å². The molecular weight excluding hydrogens is 448 g/mol. The van der Waals surface area contributed by atoms with Gasteiger partial charge in [-0.3, -0.25) is 19.8 Å². The number of hydrogen-bond donors (Lipinski definition) is 1. The van der Waals surface area contributed by atoms with E-state index in [0.717, 1.165) is 0 Å². The monoisotopic (exact) mass is 464 g/mol. The van der Waals surface area contributed by atoms with Gasteiger partial charge in [-0.15, -0.1) is 0 Å². The third kappa shape index (κ3) is 5.02. The molecule has 0 aliphatic rings. The summed E-state index contributed by atoms with van der Waals surface area (Å²) in [6, 6.07) is 14.7. The normalized spacial score (nSPS) is 11.1. The van der Waals surface area contributed by atoms with Gasteiger partial charge in [-0.25, -0.2) is 0 Å². The third-order valence-corrected chi connectivity index (χ3v) is 4.72. The van der Waals surface area contributed by atoms with E-state index in [2.05, 4.69) is 10.5 Å². The van der Waals surface area contributed by atoms with Crippen molar-refractivity contribution < 1.29 is 23.5 Å². The first-order chi connectivity index (χ1) is 15.8. The summed E-state index contributed by atoms with van der Waals surface area (Å²) in [5.74, 6) is -1.17. The Hall–Kier alpha value is -4.17. The molecule has 0 radical (unpaired) electrons. The van der Waals surface area contributed by atoms with Crippen molar-refractivity contribution in [3.8, 4) is 11.5 Å². The van der Waals surface area contributed by atoms with Crippen LogP contribution in [0.4, 0.5) is 5.69 Å². The minimum absolute atomic E-state index is 0.0525. The average Bonchev–Trinajstić information content (AvgIpc) is 2.72. The molecule has 9 heteroatoms. The van der Waals surface area contributed by atoms with Gasteiger partial charge in [-0.2, -0.15) is 5.10 Å². The number of hydrazone groups is 1. The smallest absolute Gasteiger partial charge is 0.308 e. The molecule has 4 aromatic rings. The molecule has 166 valence electrons. The van der Waals surface area contributed by atoms with Crippen molar-refractivity contribution in [2.24, 2.45) is 5.10 Å². The molecule has 1 N–H and O–H groups in total. The Morgan fingerprint density at radius 2 is 1.79 bits per heavy atom. The van der Waals surface area contributed by atoms with E-state index in [9.17, 15) is 14.4 Å². The van der Waals surface area contributed by atoms with Gasteiger partial charge < -0.3 is 13.9 Å². The number of carbonyl (C=O) groups is 2. The number of esters is 2. The summed E-state index contributed by atoms with van der Waals surface area (Å²) in [4.78, 5) is 36.1. The zero-order chi connectivity index (χ0) is 23.5. The summed E-state index contributed by atoms with van der Waals surface area (Å²) < 4.78 is 16.2. The Bertz CT molecular complexity index is 1490. The van der Waals surface area contributed by atoms with Crippen LogP contribution in [0.3, 0.4) is 0 Å². The number of fused-ring (bicyclic) bond motifs is 2. The molecule has 0 aliphatic heterocycles. The summed E-state index contributed by atoms with van der Waals surface area (Å²) in [5, 5.41) is 5.10. The molecule has 3 aromatic carbocycles. The second kappa shape index (κ2) is 9.13. The maximum absolute atomic E-state index is 13.1. The van der Waals surface area contributed by atoms with Crippen LogP contribution in [0.25, 0.3) is 21.9 Å². The van der Waals surface area contributed by atoms with Crippen molar-refractivity contribution in [3.05, 3.63) is 75.4 Å². The molecule has 0 spiro atoms. The van der Waals surface area contributed by atoms with E-state index in [-0.39, 0.29) is 33.4 Å². The summed E-state index contributed by atoms with van der Waals surface area (Å²) in [5.41, 5.74) is 4.25. The SMILES string of the molecule is CC(=O)Oc1cc(OC(C)=O)c2c(=O)c3ccc(/C=N/Nc4cccc(Cl)c4)cc3oc2c1. The minimum Gasteiger partial charge on any atom is -0.456 e. The average molecular weight is 465 g/mol. The van der Waals surface area contributed by atoms with E-state index >= 15 is 0 Å². The zero-order valence-electron chi connectivity index (χ0n) is 17.5. The lowest BCUT2D eigenvalue weighted by Crippen LogP contribution is -2.09. The highest BCUT2D eigenvalue weighted by Crippen LogP contribution is 2.32. The molecule has 0 bridgehead atoms. The van der Waals surface area contributed by atoms with Crippen LogP contribution in [-0.2, 0) is 9.59 Å². The molecular formula is C24H17ClN2O6. The van der Waals surface area contributed by atoms with Gasteiger partial charge in [0.05, 0.1) is 17.3 Å². The molecule has 0 fully saturated rings. The molecule has 8 nitrogen and oxygen atoms in total. The lowest BCUT2D eigenvalue weighted by molar-refractivity contribution is -0.132. The van der Waals surface area contributed by atoms with E-state index in [4.69, 9.17) is 25.5 Å². The quantitative estimate of drug-likeness (QED) is 0.147. The highest BCUT2D eigenvalue weighted by Gasteiger charge is 2.17. The van der Waals surface area contributed by atoms with E-state index in [1.54, 1.807) is 42.6 Å². The number of benzene rings is 3. The number of rotatable bonds is 5. The number of ether oxygens (including phenoxy) is 2. The molecule has 0 unspecified atom stereocenters. The molecule has 1 aromatic heterocycles. The van der Waals surface area contributed by atoms with Crippen LogP contribution in [0.2, 0.25) is 5.02 Å². The predicted molar refractivity (Wildman–Crippen MR) is 125 cm³/mol. The van der Waals surface area contributed by atoms with Crippen LogP contribution >= 0.6 is 11.6 Å². The van der Waals surface area contributed by atoms with E-state index in [1.165, 1.54) is 26.0 Å². The topological polar surface area (TPSA) is 107 Å². The number of anilines is 1. The van der Waals surface area contributed by atoms with Crippen molar-refractivity contribution in [3.63, 3.8) is 0 Å². The van der Waals surface area contributed by atoms with E-state index < -0.39 is 17.4 Å². The van der Waals surface area contributed by atoms with Gasteiger partial charge >= 0.3 is 11.9 Å². The summed E-state index contributed by atoms with van der Waals surface area (Å²) >= 11 is 5.96. The first kappa shape index (κ1) is 22.0. The Balaban J connectivity index is 1.77. The van der Waals surface area contributed by atoms with Crippen LogP contribution in [0.1, 0.15) is 19.4 Å². The largest absolute Gasteiger partial charge is 0.456 e. The fourth-order valence-electron chi connectivity index (χ4n) is 3.21. The number of hydrogen-bond acceptors (Lipinski definition) is 8. The van der Waals surface area contributed by atoms with Crippen LogP contribution < -0.4 is 20.3 Å². The van der Waals surface area contributed by atoms with Crippen LogP contribution in [0.5, 0.6) is 11.5 Å². The van der Waals surface area contributed by atoms with E-state index in [0.29, 0.717) is 16.3 Å². The van der Waals surface area contributed by atoms with Crippen molar-refractivity contribution in [1.82, 2.24) is 0 Å². The van der Waals surface area contributed by atoms with Crippen molar-refractivity contribution in [2.75, 3.05) is 5.43 Å². The summed E-state index contributed by atoms with van der Waals surface area (Å²) in [6.07, 6.45) is 1.56. The van der Waals surface area contributed by atoms with Gasteiger partial charge in [0.2, 0.25) is 5.43 Å². The Morgan fingerprint density at radius 1 is 1.00 bits per heavy atom. The van der Waals surface area contributed by atoms with Gasteiger partial charge in [0, 0.05) is 31.0 Å². The van der Waals surface area contributed by atoms with Crippen molar-refractivity contribution in [2.45, 2.75) is 13.8 Å². The molecule has 4 rings (SSSR count). The molecule has 1 heterocycles. The predicted octanol–water partition coefficient (Wildman–Crippen LogP) is 4.90. The second-order valence-electron chi connectivity index (χ2n) is 7.05. The summed E-state index contributed by atoms with van der Waals surface area (Å²) in [7, 11) is 0. The van der Waals surface area contributed by atoms with Gasteiger partial charge in [-0.1, -0.05) is 23.7 Å². The highest BCUT2D eigenvalue weighted by atomic mass is 35.5. The maximum Gasteiger partial charge on any atom is 0.308 e. The van der Waals surface area contributed by atoms with Gasteiger partial charge in [0.1, 0.15) is 28.1 Å². The minimum atomic E-state index is -0.630. The highest BCUT2D eigenvalue weighted by molar-refractivity contribution is 6.30. The molecule has 0 saturated carbocycles. The fraction of sp³-hybridized carbons (Fsp3) is 0.0833. The molecule has 0 atom stereocenters. The third-order valence-electron chi connectivity index (χ3n) is 4.48. The second-order valence-corrected chi connectivity index (χ2v) is 7.49. The standard InChI is InChI=1S/C24H17ClN2O6/c1-13(28)31-18-10-21(32-14(2)29)23-22(11-18)33-20-8-15(6-7-19(20)24(23)30)12-26-27-17-5-3-4-16(25)9-17/h3-12,27H,1-2H3/b26-12+. The zero-order valence-corrected chi connectivity index (χ0v) is 18.3. The lowest BCUT2D eigenvalue weighted by Gasteiger charge is -2.10. The number of nitrogens with one attached hydrogen (secondary N) is 1. The maximum atomic E-state index is 13.1. The summed E-state index contributed by atoms with van der Waals surface area (Å²) in [6.45, 7) is 2.44. The first-order valence-corrected chi connectivity index (χ1v) is 10.1. The van der Waals surface area contributed by atoms with Gasteiger partial charge in [-0.05, 0) is 35.9 Å². The molecule has 33 heavy (non-hydrogen) atoms. The first-order valence-electron chi connectivity index (χ1n) is 9.76. The Labute approximate surface area is 192 Å². The number of halogens is 1. The van der Waals surface area contributed by atoms with Gasteiger partial charge in [0.25, 0.3) is 0 Å². The van der Waals surface area contributed by atoms with Crippen molar-refractivity contribution >= 4 is 57.4 Å². The lowest BCUT2D eigenvalue weighted by atomic mass is 10.1. The number of nitrogens with zero attached hydrogens (tertiary/aromatic N) is 1. The fourth-order valence-corrected chi connectivity index (χ4v) is 3.40. The molecule has 0 amide bonds. The van der Waals surface area contributed by atoms with Crippen molar-refractivity contribution in [1.29, 1.82) is 0 Å². The molecule has 0 aliphatic carbocycles. The Morgan fingerprint density at radius 3 is 2.52 bits per heavy atom. The Kier molecular flexibility index (Phi) is 6.10. The van der Waals surface area contributed by atoms with Gasteiger partial charge in [0.15, 0.2) is 0 Å². The molecule has 0 saturated heterocycles. The van der Waals surface area contributed by atoms with Crippen LogP contribution in [-0.4, -0.2) is 18.2 Å². The van der Waals surface area contributed by atoms with E-state index in [1.807, 2.05) is 6.07 Å². The number of carbonyl (C=O) groups excluding carboxylic acids is 2. The van der Waals surface area contributed by atoms with Crippen LogP contribution in [0.15, 0.2) is 68.9 Å².